The van der Waals surface area contributed by atoms with E-state index in [9.17, 15) is 4.79 Å². The van der Waals surface area contributed by atoms with Gasteiger partial charge in [-0.05, 0) is 29.2 Å². The van der Waals surface area contributed by atoms with Gasteiger partial charge in [0.15, 0.2) is 5.78 Å². The first-order valence-corrected chi connectivity index (χ1v) is 4.25. The fourth-order valence-corrected chi connectivity index (χ4v) is 2.50. The summed E-state index contributed by atoms with van der Waals surface area (Å²) < 4.78 is 0. The molecule has 3 aliphatic carbocycles. The fraction of sp³-hybridized carbons (Fsp3) is 0.700. The van der Waals surface area contributed by atoms with E-state index in [-0.39, 0.29) is 0 Å². The minimum Gasteiger partial charge on any atom is -0.295 e. The van der Waals surface area contributed by atoms with Crippen LogP contribution in [0.5, 0.6) is 0 Å². The first kappa shape index (κ1) is 7.08. The van der Waals surface area contributed by atoms with Crippen LogP contribution in [0.4, 0.5) is 0 Å². The fourth-order valence-electron chi connectivity index (χ4n) is 2.50. The van der Waals surface area contributed by atoms with E-state index in [1.165, 1.54) is 6.42 Å². The number of hydrogen-bond acceptors (Lipinski definition) is 1. The minimum atomic E-state index is 0.311. The Kier molecular flexibility index (Phi) is 1.14. The van der Waals surface area contributed by atoms with Crippen LogP contribution in [-0.2, 0) is 4.79 Å². The maximum absolute atomic E-state index is 11.2. The van der Waals surface area contributed by atoms with Gasteiger partial charge in [0.05, 0.1) is 0 Å². The molecule has 0 radical (unpaired) electrons. The molecule has 1 nitrogen and oxygen atoms in total. The summed E-state index contributed by atoms with van der Waals surface area (Å²) >= 11 is 0. The van der Waals surface area contributed by atoms with Crippen molar-refractivity contribution in [3.05, 3.63) is 12.2 Å². The molecule has 0 aromatic rings. The Hall–Kier alpha value is -0.590. The van der Waals surface area contributed by atoms with Crippen molar-refractivity contribution in [1.82, 2.24) is 0 Å². The van der Waals surface area contributed by atoms with Gasteiger partial charge in [-0.3, -0.25) is 4.79 Å². The van der Waals surface area contributed by atoms with Crippen LogP contribution in [0, 0.1) is 17.3 Å². The monoisotopic (exact) mass is 150 g/mol. The molecule has 3 rings (SSSR count). The van der Waals surface area contributed by atoms with Crippen LogP contribution in [0.15, 0.2) is 12.2 Å². The summed E-state index contributed by atoms with van der Waals surface area (Å²) in [5, 5.41) is 0. The number of rotatable bonds is 0. The third-order valence-corrected chi connectivity index (χ3v) is 3.68. The molecule has 2 atom stereocenters. The Bertz CT molecular complexity index is 237. The van der Waals surface area contributed by atoms with Crippen LogP contribution in [0.1, 0.15) is 26.7 Å². The predicted molar refractivity (Wildman–Crippen MR) is 44.1 cm³/mol. The third-order valence-electron chi connectivity index (χ3n) is 3.68. The highest BCUT2D eigenvalue weighted by Crippen LogP contribution is 2.59. The van der Waals surface area contributed by atoms with Crippen LogP contribution in [0.3, 0.4) is 0 Å². The van der Waals surface area contributed by atoms with Gasteiger partial charge < -0.3 is 0 Å². The number of Topliss-reactive ketones (excluding diaryl/α,β-unsaturated/α-hetero) is 1. The molecule has 0 aliphatic heterocycles. The number of ketones is 1. The second-order valence-corrected chi connectivity index (χ2v) is 4.46. The Morgan fingerprint density at radius 1 is 1.55 bits per heavy atom. The molecule has 0 aromatic heterocycles. The van der Waals surface area contributed by atoms with Gasteiger partial charge in [0.1, 0.15) is 0 Å². The normalized spacial score (nSPS) is 40.2. The summed E-state index contributed by atoms with van der Waals surface area (Å²) in [6.45, 7) is 8.37. The number of carbonyl (C=O) groups is 1. The Morgan fingerprint density at radius 3 is 2.55 bits per heavy atom. The van der Waals surface area contributed by atoms with Crippen molar-refractivity contribution < 1.29 is 4.79 Å². The van der Waals surface area contributed by atoms with Gasteiger partial charge >= 0.3 is 0 Å². The Balaban J connectivity index is 2.30. The number of fused-ring (bicyclic) bond motifs is 2. The van der Waals surface area contributed by atoms with Gasteiger partial charge in [0.25, 0.3) is 0 Å². The molecule has 11 heavy (non-hydrogen) atoms. The molecule has 0 N–H and O–H groups in total. The Labute approximate surface area is 67.5 Å². The molecule has 60 valence electrons. The third kappa shape index (κ3) is 0.688. The smallest absolute Gasteiger partial charge is 0.158 e. The van der Waals surface area contributed by atoms with Crippen molar-refractivity contribution in [3.8, 4) is 0 Å². The summed E-state index contributed by atoms with van der Waals surface area (Å²) in [6.07, 6.45) is 1.96. The van der Waals surface area contributed by atoms with E-state index in [0.717, 1.165) is 12.0 Å². The van der Waals surface area contributed by atoms with E-state index in [1.807, 2.05) is 0 Å². The summed E-state index contributed by atoms with van der Waals surface area (Å²) in [5.41, 5.74) is 1.25. The summed E-state index contributed by atoms with van der Waals surface area (Å²) in [5.74, 6) is 1.45. The lowest BCUT2D eigenvalue weighted by Crippen LogP contribution is -2.52. The molecule has 0 heterocycles. The quantitative estimate of drug-likeness (QED) is 0.484. The largest absolute Gasteiger partial charge is 0.295 e. The topological polar surface area (TPSA) is 17.1 Å². The standard InChI is InChI=1S/C10H14O/c1-6-8-4-7(5-9(6)11)10(8,2)3/h7-8H,1,4-5H2,2-3H3/t7-,8?/m1/s1. The predicted octanol–water partition coefficient (Wildman–Crippen LogP) is 2.18. The zero-order valence-electron chi connectivity index (χ0n) is 7.18. The van der Waals surface area contributed by atoms with Crippen LogP contribution in [0.2, 0.25) is 0 Å². The van der Waals surface area contributed by atoms with Crippen molar-refractivity contribution in [3.63, 3.8) is 0 Å². The van der Waals surface area contributed by atoms with Crippen molar-refractivity contribution in [2.75, 3.05) is 0 Å². The molecule has 1 heteroatoms. The van der Waals surface area contributed by atoms with Crippen LogP contribution in [0.25, 0.3) is 0 Å². The average molecular weight is 150 g/mol. The van der Waals surface area contributed by atoms with Crippen molar-refractivity contribution >= 4 is 5.78 Å². The number of allylic oxidation sites excluding steroid dienone is 1. The number of hydrogen-bond donors (Lipinski definition) is 0. The minimum absolute atomic E-state index is 0.311. The van der Waals surface area contributed by atoms with E-state index in [1.54, 1.807) is 0 Å². The first-order chi connectivity index (χ1) is 5.03. The molecular weight excluding hydrogens is 136 g/mol. The van der Waals surface area contributed by atoms with E-state index < -0.39 is 0 Å². The first-order valence-electron chi connectivity index (χ1n) is 4.25. The van der Waals surface area contributed by atoms with Gasteiger partial charge in [-0.25, -0.2) is 0 Å². The highest BCUT2D eigenvalue weighted by atomic mass is 16.1. The molecule has 3 aliphatic rings. The van der Waals surface area contributed by atoms with Crippen LogP contribution < -0.4 is 0 Å². The summed E-state index contributed by atoms with van der Waals surface area (Å²) in [4.78, 5) is 11.2. The van der Waals surface area contributed by atoms with Crippen molar-refractivity contribution in [1.29, 1.82) is 0 Å². The van der Waals surface area contributed by atoms with Gasteiger partial charge in [-0.2, -0.15) is 0 Å². The molecule has 1 unspecified atom stereocenters. The average Bonchev–Trinajstić information content (AvgIpc) is 1.93. The maximum atomic E-state index is 11.2. The summed E-state index contributed by atoms with van der Waals surface area (Å²) in [7, 11) is 0. The molecule has 2 bridgehead atoms. The molecule has 3 fully saturated rings. The second kappa shape index (κ2) is 1.77. The molecule has 0 aromatic carbocycles. The Morgan fingerprint density at radius 2 is 2.18 bits per heavy atom. The van der Waals surface area contributed by atoms with E-state index in [2.05, 4.69) is 20.4 Å². The van der Waals surface area contributed by atoms with Crippen molar-refractivity contribution in [2.45, 2.75) is 26.7 Å². The van der Waals surface area contributed by atoms with Gasteiger partial charge in [0, 0.05) is 6.42 Å². The van der Waals surface area contributed by atoms with Gasteiger partial charge in [0.2, 0.25) is 0 Å². The van der Waals surface area contributed by atoms with E-state index in [0.29, 0.717) is 23.0 Å². The highest BCUT2D eigenvalue weighted by Gasteiger charge is 2.54. The van der Waals surface area contributed by atoms with Gasteiger partial charge in [-0.1, -0.05) is 20.4 Å². The lowest BCUT2D eigenvalue weighted by Gasteiger charge is -2.56. The lowest BCUT2D eigenvalue weighted by atomic mass is 9.47. The van der Waals surface area contributed by atoms with E-state index >= 15 is 0 Å². The van der Waals surface area contributed by atoms with Crippen LogP contribution in [-0.4, -0.2) is 5.78 Å². The highest BCUT2D eigenvalue weighted by molar-refractivity contribution is 5.97. The SMILES string of the molecule is C=C1C(=O)C[C@H]2CC1C2(C)C. The summed E-state index contributed by atoms with van der Waals surface area (Å²) in [6, 6.07) is 0. The second-order valence-electron chi connectivity index (χ2n) is 4.46. The van der Waals surface area contributed by atoms with Crippen molar-refractivity contribution in [2.24, 2.45) is 17.3 Å². The molecule has 3 saturated carbocycles. The molecule has 0 amide bonds. The molecule has 0 spiro atoms. The molecule has 0 saturated heterocycles. The molecular formula is C10H14O. The number of carbonyl (C=O) groups excluding carboxylic acids is 1. The maximum Gasteiger partial charge on any atom is 0.158 e. The zero-order valence-corrected chi connectivity index (χ0v) is 7.18. The van der Waals surface area contributed by atoms with Crippen LogP contribution >= 0.6 is 0 Å². The lowest BCUT2D eigenvalue weighted by molar-refractivity contribution is -0.129. The zero-order chi connectivity index (χ0) is 8.22. The van der Waals surface area contributed by atoms with Gasteiger partial charge in [-0.15, -0.1) is 0 Å². The van der Waals surface area contributed by atoms with E-state index in [4.69, 9.17) is 0 Å².